The molecule has 20 heavy (non-hydrogen) atoms. The number of nitrogens with one attached hydrogen (secondary N) is 1. The third kappa shape index (κ3) is 2.07. The Kier molecular flexibility index (Phi) is 3.22. The van der Waals surface area contributed by atoms with Crippen LogP contribution >= 0.6 is 0 Å². The van der Waals surface area contributed by atoms with Gasteiger partial charge in [-0.3, -0.25) is 9.59 Å². The standard InChI is InChI=1S/C14H15N3O3/c18-12-9-3-1-2-4-10(9)13(19)11(12)16-17-14(20)8-5-6-15-7-8/h5-7,9-10,15,18H,1-4H2. The van der Waals surface area contributed by atoms with Crippen molar-refractivity contribution in [3.05, 3.63) is 35.5 Å². The molecule has 2 aliphatic carbocycles. The van der Waals surface area contributed by atoms with Gasteiger partial charge in [0, 0.05) is 24.2 Å². The predicted octanol–water partition coefficient (Wildman–Crippen LogP) is 2.77. The first-order chi connectivity index (χ1) is 9.68. The lowest BCUT2D eigenvalue weighted by molar-refractivity contribution is -0.120. The zero-order valence-electron chi connectivity index (χ0n) is 10.9. The topological polar surface area (TPSA) is 94.9 Å². The van der Waals surface area contributed by atoms with E-state index in [0.29, 0.717) is 5.56 Å². The maximum absolute atomic E-state index is 12.2. The van der Waals surface area contributed by atoms with Gasteiger partial charge in [0.1, 0.15) is 5.76 Å². The van der Waals surface area contributed by atoms with Crippen molar-refractivity contribution >= 4 is 11.7 Å². The fraction of sp³-hybridized carbons (Fsp3) is 0.429. The Hall–Kier alpha value is -2.24. The molecule has 0 spiro atoms. The molecule has 0 radical (unpaired) electrons. The van der Waals surface area contributed by atoms with Gasteiger partial charge in [-0.2, -0.15) is 0 Å². The summed E-state index contributed by atoms with van der Waals surface area (Å²) in [5.74, 6) is -1.02. The molecule has 1 saturated carbocycles. The lowest BCUT2D eigenvalue weighted by Crippen LogP contribution is -2.21. The van der Waals surface area contributed by atoms with E-state index in [9.17, 15) is 14.7 Å². The Labute approximate surface area is 115 Å². The van der Waals surface area contributed by atoms with Gasteiger partial charge in [0.15, 0.2) is 11.5 Å². The number of Topliss-reactive ketones (excluding diaryl/α,β-unsaturated/α-hetero) is 1. The number of aromatic nitrogens is 1. The van der Waals surface area contributed by atoms with E-state index in [1.165, 1.54) is 6.20 Å². The number of nitrogens with zero attached hydrogens (tertiary/aromatic N) is 2. The molecule has 2 atom stereocenters. The summed E-state index contributed by atoms with van der Waals surface area (Å²) < 4.78 is 0. The molecular weight excluding hydrogens is 258 g/mol. The van der Waals surface area contributed by atoms with Crippen molar-refractivity contribution in [1.82, 2.24) is 4.98 Å². The molecule has 0 bridgehead atoms. The molecule has 1 heterocycles. The molecule has 104 valence electrons. The van der Waals surface area contributed by atoms with Crippen molar-refractivity contribution < 1.29 is 14.7 Å². The number of hydrogen-bond acceptors (Lipinski definition) is 4. The number of allylic oxidation sites excluding steroid dienone is 2. The molecule has 6 nitrogen and oxygen atoms in total. The highest BCUT2D eigenvalue weighted by Gasteiger charge is 2.43. The molecule has 1 amide bonds. The molecule has 2 N–H and O–H groups in total. The fourth-order valence-electron chi connectivity index (χ4n) is 2.96. The highest BCUT2D eigenvalue weighted by Crippen LogP contribution is 2.42. The Morgan fingerprint density at radius 2 is 2.05 bits per heavy atom. The summed E-state index contributed by atoms with van der Waals surface area (Å²) in [5.41, 5.74) is 0.336. The number of amides is 1. The largest absolute Gasteiger partial charge is 0.510 e. The molecule has 2 aliphatic rings. The second kappa shape index (κ2) is 5.03. The van der Waals surface area contributed by atoms with E-state index in [1.54, 1.807) is 12.3 Å². The van der Waals surface area contributed by atoms with Crippen LogP contribution in [0.25, 0.3) is 0 Å². The Morgan fingerprint density at radius 1 is 1.30 bits per heavy atom. The van der Waals surface area contributed by atoms with Crippen LogP contribution in [0.2, 0.25) is 0 Å². The zero-order chi connectivity index (χ0) is 14.1. The van der Waals surface area contributed by atoms with Gasteiger partial charge in [-0.05, 0) is 18.9 Å². The Morgan fingerprint density at radius 3 is 2.70 bits per heavy atom. The lowest BCUT2D eigenvalue weighted by atomic mass is 9.80. The molecule has 0 aliphatic heterocycles. The minimum Gasteiger partial charge on any atom is -0.510 e. The number of H-pyrrole nitrogens is 1. The van der Waals surface area contributed by atoms with E-state index in [0.717, 1.165) is 25.7 Å². The maximum Gasteiger partial charge on any atom is 0.296 e. The number of aliphatic hydroxyl groups excluding tert-OH is 1. The number of rotatable bonds is 2. The first kappa shape index (κ1) is 12.8. The number of aromatic amines is 1. The summed E-state index contributed by atoms with van der Waals surface area (Å²) in [4.78, 5) is 26.6. The smallest absolute Gasteiger partial charge is 0.296 e. The number of ketones is 1. The van der Waals surface area contributed by atoms with Crippen LogP contribution < -0.4 is 0 Å². The number of carbonyl (C=O) groups excluding carboxylic acids is 2. The molecule has 2 unspecified atom stereocenters. The van der Waals surface area contributed by atoms with E-state index in [1.807, 2.05) is 0 Å². The molecule has 6 heteroatoms. The van der Waals surface area contributed by atoms with Crippen molar-refractivity contribution in [1.29, 1.82) is 0 Å². The van der Waals surface area contributed by atoms with Gasteiger partial charge in [-0.25, -0.2) is 0 Å². The lowest BCUT2D eigenvalue weighted by Gasteiger charge is -2.23. The molecule has 3 rings (SSSR count). The number of hydrogen-bond donors (Lipinski definition) is 2. The van der Waals surface area contributed by atoms with E-state index < -0.39 is 5.91 Å². The number of carbonyl (C=O) groups is 2. The molecule has 1 aromatic heterocycles. The van der Waals surface area contributed by atoms with E-state index >= 15 is 0 Å². The Bertz CT molecular complexity index is 601. The van der Waals surface area contributed by atoms with Crippen molar-refractivity contribution in [2.75, 3.05) is 0 Å². The first-order valence-electron chi connectivity index (χ1n) is 6.74. The minimum absolute atomic E-state index is 0.00492. The van der Waals surface area contributed by atoms with Crippen LogP contribution in [0.4, 0.5) is 0 Å². The van der Waals surface area contributed by atoms with E-state index in [-0.39, 0.29) is 29.1 Å². The van der Waals surface area contributed by atoms with Crippen LogP contribution in [0.3, 0.4) is 0 Å². The summed E-state index contributed by atoms with van der Waals surface area (Å²) in [5, 5.41) is 17.3. The highest BCUT2D eigenvalue weighted by atomic mass is 16.3. The Balaban J connectivity index is 1.81. The van der Waals surface area contributed by atoms with Crippen molar-refractivity contribution in [3.63, 3.8) is 0 Å². The average Bonchev–Trinajstić information content (AvgIpc) is 3.07. The fourth-order valence-corrected chi connectivity index (χ4v) is 2.96. The van der Waals surface area contributed by atoms with Gasteiger partial charge in [0.2, 0.25) is 0 Å². The minimum atomic E-state index is -0.533. The molecule has 0 aromatic carbocycles. The predicted molar refractivity (Wildman–Crippen MR) is 70.1 cm³/mol. The summed E-state index contributed by atoms with van der Waals surface area (Å²) in [7, 11) is 0. The summed E-state index contributed by atoms with van der Waals surface area (Å²) in [6.07, 6.45) is 6.68. The SMILES string of the molecule is O=C(N=NC1=C(O)C2CCCCC2C1=O)c1cc[nH]c1. The molecule has 1 fully saturated rings. The van der Waals surface area contributed by atoms with Gasteiger partial charge >= 0.3 is 0 Å². The van der Waals surface area contributed by atoms with Crippen LogP contribution in [0.5, 0.6) is 0 Å². The zero-order valence-corrected chi connectivity index (χ0v) is 10.9. The van der Waals surface area contributed by atoms with Crippen LogP contribution in [-0.4, -0.2) is 21.8 Å². The normalized spacial score (nSPS) is 26.3. The van der Waals surface area contributed by atoms with Gasteiger partial charge in [0.25, 0.3) is 5.91 Å². The van der Waals surface area contributed by atoms with Crippen LogP contribution in [0.15, 0.2) is 40.1 Å². The average molecular weight is 273 g/mol. The maximum atomic E-state index is 12.2. The second-order valence-electron chi connectivity index (χ2n) is 5.20. The third-order valence-corrected chi connectivity index (χ3v) is 4.02. The number of fused-ring (bicyclic) bond motifs is 1. The van der Waals surface area contributed by atoms with Crippen LogP contribution in [0.1, 0.15) is 36.0 Å². The van der Waals surface area contributed by atoms with Crippen molar-refractivity contribution in [2.24, 2.45) is 22.1 Å². The summed E-state index contributed by atoms with van der Waals surface area (Å²) in [6, 6.07) is 1.58. The van der Waals surface area contributed by atoms with Gasteiger partial charge in [-0.1, -0.05) is 12.8 Å². The van der Waals surface area contributed by atoms with Gasteiger partial charge in [0.05, 0.1) is 5.56 Å². The second-order valence-corrected chi connectivity index (χ2v) is 5.20. The van der Waals surface area contributed by atoms with Crippen molar-refractivity contribution in [3.8, 4) is 0 Å². The van der Waals surface area contributed by atoms with Gasteiger partial charge < -0.3 is 10.1 Å². The van der Waals surface area contributed by atoms with Crippen LogP contribution in [-0.2, 0) is 4.79 Å². The first-order valence-corrected chi connectivity index (χ1v) is 6.74. The summed E-state index contributed by atoms with van der Waals surface area (Å²) in [6.45, 7) is 0. The molecular formula is C14H15N3O3. The third-order valence-electron chi connectivity index (χ3n) is 4.02. The molecule has 1 aromatic rings. The van der Waals surface area contributed by atoms with Gasteiger partial charge in [-0.15, -0.1) is 10.2 Å². The van der Waals surface area contributed by atoms with Crippen LogP contribution in [0, 0.1) is 11.8 Å². The van der Waals surface area contributed by atoms with E-state index in [4.69, 9.17) is 0 Å². The summed E-state index contributed by atoms with van der Waals surface area (Å²) >= 11 is 0. The highest BCUT2D eigenvalue weighted by molar-refractivity contribution is 6.01. The molecule has 0 saturated heterocycles. The number of azo groups is 1. The number of aliphatic hydroxyl groups is 1. The monoisotopic (exact) mass is 273 g/mol. The van der Waals surface area contributed by atoms with Crippen molar-refractivity contribution in [2.45, 2.75) is 25.7 Å². The quantitative estimate of drug-likeness (QED) is 0.811. The van der Waals surface area contributed by atoms with E-state index in [2.05, 4.69) is 15.2 Å².